The molecule has 4 nitrogen and oxygen atoms in total. The van der Waals surface area contributed by atoms with E-state index in [1.54, 1.807) is 12.1 Å². The van der Waals surface area contributed by atoms with E-state index in [0.29, 0.717) is 16.5 Å². The number of fused-ring (bicyclic) bond motifs is 1. The summed E-state index contributed by atoms with van der Waals surface area (Å²) in [5.41, 5.74) is 1.92. The van der Waals surface area contributed by atoms with Crippen molar-refractivity contribution in [2.75, 3.05) is 0 Å². The second kappa shape index (κ2) is 3.87. The highest BCUT2D eigenvalue weighted by molar-refractivity contribution is 6.06. The maximum absolute atomic E-state index is 11.5. The second-order valence-electron chi connectivity index (χ2n) is 3.90. The molecule has 1 N–H and O–H groups in total. The van der Waals surface area contributed by atoms with Gasteiger partial charge in [0.1, 0.15) is 6.07 Å². The van der Waals surface area contributed by atoms with Crippen LogP contribution < -0.4 is 0 Å². The van der Waals surface area contributed by atoms with Gasteiger partial charge < -0.3 is 5.11 Å². The van der Waals surface area contributed by atoms with Gasteiger partial charge in [0.2, 0.25) is 0 Å². The summed E-state index contributed by atoms with van der Waals surface area (Å²) >= 11 is 0. The predicted octanol–water partition coefficient (Wildman–Crippen LogP) is 2.32. The van der Waals surface area contributed by atoms with Crippen LogP contribution in [-0.4, -0.2) is 15.9 Å². The third kappa shape index (κ3) is 1.83. The van der Waals surface area contributed by atoms with Crippen molar-refractivity contribution in [2.24, 2.45) is 0 Å². The highest BCUT2D eigenvalue weighted by atomic mass is 16.3. The fourth-order valence-corrected chi connectivity index (χ4v) is 1.78. The Morgan fingerprint density at radius 1 is 1.41 bits per heavy atom. The van der Waals surface area contributed by atoms with Gasteiger partial charge in [0, 0.05) is 10.9 Å². The van der Waals surface area contributed by atoms with E-state index in [2.05, 4.69) is 4.98 Å². The lowest BCUT2D eigenvalue weighted by Gasteiger charge is -2.06. The second-order valence-corrected chi connectivity index (χ2v) is 3.90. The zero-order chi connectivity index (χ0) is 12.6. The number of ketones is 1. The Kier molecular flexibility index (Phi) is 2.52. The van der Waals surface area contributed by atoms with E-state index >= 15 is 0 Å². The van der Waals surface area contributed by atoms with Gasteiger partial charge in [-0.25, -0.2) is 4.98 Å². The zero-order valence-corrected chi connectivity index (χ0v) is 9.48. The molecule has 2 aromatic rings. The van der Waals surface area contributed by atoms with Crippen LogP contribution >= 0.6 is 0 Å². The van der Waals surface area contributed by atoms with Crippen molar-refractivity contribution in [1.29, 1.82) is 5.26 Å². The topological polar surface area (TPSA) is 74.0 Å². The number of nitrogens with zero attached hydrogens (tertiary/aromatic N) is 2. The quantitative estimate of drug-likeness (QED) is 0.757. The van der Waals surface area contributed by atoms with Gasteiger partial charge in [-0.2, -0.15) is 5.26 Å². The summed E-state index contributed by atoms with van der Waals surface area (Å²) in [7, 11) is 0. The number of Topliss-reactive ketones (excluding diaryl/α,β-unsaturated/α-hetero) is 1. The number of carbonyl (C=O) groups is 1. The van der Waals surface area contributed by atoms with Gasteiger partial charge in [-0.1, -0.05) is 0 Å². The van der Waals surface area contributed by atoms with Crippen LogP contribution in [0.4, 0.5) is 0 Å². The molecule has 0 aliphatic carbocycles. The molecule has 0 bridgehead atoms. The van der Waals surface area contributed by atoms with Crippen LogP contribution in [-0.2, 0) is 0 Å². The van der Waals surface area contributed by atoms with Gasteiger partial charge >= 0.3 is 0 Å². The first-order valence-electron chi connectivity index (χ1n) is 5.08. The van der Waals surface area contributed by atoms with Crippen molar-refractivity contribution in [3.8, 4) is 11.8 Å². The number of hydrogen-bond acceptors (Lipinski definition) is 4. The normalized spacial score (nSPS) is 10.2. The molecule has 0 atom stereocenters. The summed E-state index contributed by atoms with van der Waals surface area (Å²) in [6, 6.07) is 6.75. The Bertz CT molecular complexity index is 669. The van der Waals surface area contributed by atoms with Gasteiger partial charge in [0.15, 0.2) is 17.2 Å². The minimum atomic E-state index is -0.202. The number of hydrogen-bond donors (Lipinski definition) is 1. The number of aryl methyl sites for hydroxylation is 1. The molecule has 0 aliphatic rings. The minimum Gasteiger partial charge on any atom is -0.505 e. The average Bonchev–Trinajstić information content (AvgIpc) is 2.27. The molecule has 0 saturated carbocycles. The molecule has 1 heterocycles. The zero-order valence-electron chi connectivity index (χ0n) is 9.48. The number of benzene rings is 1. The molecule has 0 amide bonds. The molecule has 17 heavy (non-hydrogen) atoms. The average molecular weight is 226 g/mol. The molecule has 84 valence electrons. The highest BCUT2D eigenvalue weighted by Crippen LogP contribution is 2.25. The Labute approximate surface area is 98.1 Å². The van der Waals surface area contributed by atoms with Gasteiger partial charge in [0.05, 0.1) is 5.52 Å². The minimum absolute atomic E-state index is 0.0300. The molecule has 0 spiro atoms. The maximum atomic E-state index is 11.5. The number of rotatable bonds is 1. The lowest BCUT2D eigenvalue weighted by Crippen LogP contribution is -1.97. The van der Waals surface area contributed by atoms with Gasteiger partial charge in [-0.15, -0.1) is 0 Å². The number of nitriles is 1. The van der Waals surface area contributed by atoms with Crippen LogP contribution in [0.15, 0.2) is 18.2 Å². The molecule has 4 heteroatoms. The van der Waals surface area contributed by atoms with Crippen molar-refractivity contribution in [3.63, 3.8) is 0 Å². The van der Waals surface area contributed by atoms with E-state index in [-0.39, 0.29) is 17.2 Å². The molecular weight excluding hydrogens is 216 g/mol. The lowest BCUT2D eigenvalue weighted by molar-refractivity contribution is 0.101. The molecule has 0 aliphatic heterocycles. The van der Waals surface area contributed by atoms with E-state index in [1.165, 1.54) is 13.0 Å². The van der Waals surface area contributed by atoms with Crippen LogP contribution in [0.1, 0.15) is 28.5 Å². The van der Waals surface area contributed by atoms with Gasteiger partial charge in [-0.05, 0) is 37.6 Å². The Balaban J connectivity index is 2.91. The van der Waals surface area contributed by atoms with Crippen LogP contribution in [0.5, 0.6) is 5.75 Å². The number of pyridine rings is 1. The molecule has 0 fully saturated rings. The molecule has 0 unspecified atom stereocenters. The van der Waals surface area contributed by atoms with Crippen molar-refractivity contribution in [2.45, 2.75) is 13.8 Å². The van der Waals surface area contributed by atoms with Gasteiger partial charge in [-0.3, -0.25) is 4.79 Å². The van der Waals surface area contributed by atoms with E-state index < -0.39 is 0 Å². The highest BCUT2D eigenvalue weighted by Gasteiger charge is 2.11. The predicted molar refractivity (Wildman–Crippen MR) is 62.9 cm³/mol. The van der Waals surface area contributed by atoms with Gasteiger partial charge in [0.25, 0.3) is 0 Å². The van der Waals surface area contributed by atoms with E-state index in [0.717, 1.165) is 5.56 Å². The lowest BCUT2D eigenvalue weighted by atomic mass is 10.0. The summed E-state index contributed by atoms with van der Waals surface area (Å²) < 4.78 is 0. The Morgan fingerprint density at radius 2 is 2.12 bits per heavy atom. The van der Waals surface area contributed by atoms with Crippen LogP contribution in [0.3, 0.4) is 0 Å². The Morgan fingerprint density at radius 3 is 2.71 bits per heavy atom. The smallest absolute Gasteiger partial charge is 0.182 e. The fourth-order valence-electron chi connectivity index (χ4n) is 1.78. The van der Waals surface area contributed by atoms with Crippen LogP contribution in [0.25, 0.3) is 10.9 Å². The van der Waals surface area contributed by atoms with E-state index in [4.69, 9.17) is 5.26 Å². The summed E-state index contributed by atoms with van der Waals surface area (Å²) in [5, 5.41) is 18.9. The van der Waals surface area contributed by atoms with E-state index in [9.17, 15) is 9.90 Å². The monoisotopic (exact) mass is 226 g/mol. The summed E-state index contributed by atoms with van der Waals surface area (Å²) in [6.45, 7) is 3.32. The maximum Gasteiger partial charge on any atom is 0.182 e. The first-order chi connectivity index (χ1) is 8.02. The van der Waals surface area contributed by atoms with Crippen LogP contribution in [0, 0.1) is 18.3 Å². The summed E-state index contributed by atoms with van der Waals surface area (Å²) in [6.07, 6.45) is 0. The standard InChI is InChI=1S/C13H10N2O2/c1-7-3-9(8(2)16)10-5-13(17)12(6-14)15-11(10)4-7/h3-5,17H,1-2H3. The summed E-state index contributed by atoms with van der Waals surface area (Å²) in [5.74, 6) is -0.295. The molecule has 0 radical (unpaired) electrons. The van der Waals surface area contributed by atoms with E-state index in [1.807, 2.05) is 13.0 Å². The van der Waals surface area contributed by atoms with Crippen molar-refractivity contribution in [3.05, 3.63) is 35.0 Å². The first kappa shape index (κ1) is 11.1. The van der Waals surface area contributed by atoms with Crippen molar-refractivity contribution >= 4 is 16.7 Å². The third-order valence-corrected chi connectivity index (χ3v) is 2.54. The Hall–Kier alpha value is -2.41. The number of carbonyl (C=O) groups excluding carboxylic acids is 1. The largest absolute Gasteiger partial charge is 0.505 e. The molecule has 0 saturated heterocycles. The SMILES string of the molecule is CC(=O)c1cc(C)cc2nc(C#N)c(O)cc12. The number of aromatic hydroxyl groups is 1. The first-order valence-corrected chi connectivity index (χ1v) is 5.08. The van der Waals surface area contributed by atoms with Crippen molar-refractivity contribution in [1.82, 2.24) is 4.98 Å². The fraction of sp³-hybridized carbons (Fsp3) is 0.154. The van der Waals surface area contributed by atoms with Crippen LogP contribution in [0.2, 0.25) is 0 Å². The molecule has 1 aromatic carbocycles. The summed E-state index contributed by atoms with van der Waals surface area (Å²) in [4.78, 5) is 15.5. The molecular formula is C13H10N2O2. The molecule has 1 aromatic heterocycles. The third-order valence-electron chi connectivity index (χ3n) is 2.54. The molecule has 2 rings (SSSR count). The number of aromatic nitrogens is 1. The van der Waals surface area contributed by atoms with Crippen molar-refractivity contribution < 1.29 is 9.90 Å².